The van der Waals surface area contributed by atoms with Crippen LogP contribution in [-0.2, 0) is 11.3 Å². The van der Waals surface area contributed by atoms with Gasteiger partial charge in [-0.2, -0.15) is 0 Å². The van der Waals surface area contributed by atoms with Crippen LogP contribution in [0.4, 0.5) is 5.69 Å². The van der Waals surface area contributed by atoms with Crippen LogP contribution in [0.2, 0.25) is 10.2 Å². The molecule has 0 saturated carbocycles. The first kappa shape index (κ1) is 21.0. The Kier molecular flexibility index (Phi) is 5.98. The second-order valence-corrected chi connectivity index (χ2v) is 7.71. The first-order chi connectivity index (χ1) is 15.0. The molecule has 1 aromatic heterocycles. The highest BCUT2D eigenvalue weighted by Crippen LogP contribution is 2.34. The van der Waals surface area contributed by atoms with E-state index in [-0.39, 0.29) is 10.7 Å². The van der Waals surface area contributed by atoms with Crippen LogP contribution in [0.15, 0.2) is 72.8 Å². The highest BCUT2D eigenvalue weighted by Gasteiger charge is 2.27. The Morgan fingerprint density at radius 2 is 1.68 bits per heavy atom. The molecule has 156 valence electrons. The second-order valence-electron chi connectivity index (χ2n) is 6.91. The van der Waals surface area contributed by atoms with E-state index >= 15 is 0 Å². The first-order valence-electron chi connectivity index (χ1n) is 9.49. The van der Waals surface area contributed by atoms with E-state index in [9.17, 15) is 9.59 Å². The van der Waals surface area contributed by atoms with Crippen molar-refractivity contribution in [3.63, 3.8) is 0 Å². The standard InChI is InChI=1S/C24H18Cl2N2O3/c1-31-18-11-12-20-19(13-18)21(22(29)24(30)27-17-5-3-2-4-6-17)23(26)28(20)14-15-7-9-16(25)10-8-15/h2-13H,14H2,1H3,(H,27,30). The van der Waals surface area contributed by atoms with Crippen LogP contribution in [0.1, 0.15) is 15.9 Å². The maximum atomic E-state index is 13.1. The molecule has 4 aromatic rings. The van der Waals surface area contributed by atoms with Gasteiger partial charge in [0.1, 0.15) is 10.9 Å². The van der Waals surface area contributed by atoms with Crippen LogP contribution in [0.3, 0.4) is 0 Å². The van der Waals surface area contributed by atoms with Gasteiger partial charge in [0.2, 0.25) is 0 Å². The Morgan fingerprint density at radius 3 is 2.35 bits per heavy atom. The number of halogens is 2. The number of Topliss-reactive ketones (excluding diaryl/α,β-unsaturated/α-hetero) is 1. The molecule has 1 N–H and O–H groups in total. The third-order valence-electron chi connectivity index (χ3n) is 4.93. The lowest BCUT2D eigenvalue weighted by Crippen LogP contribution is -2.23. The fourth-order valence-electron chi connectivity index (χ4n) is 3.40. The van der Waals surface area contributed by atoms with Crippen molar-refractivity contribution >= 4 is 51.5 Å². The molecule has 0 spiro atoms. The summed E-state index contributed by atoms with van der Waals surface area (Å²) in [5, 5.41) is 3.99. The SMILES string of the molecule is COc1ccc2c(c1)c(C(=O)C(=O)Nc1ccccc1)c(Cl)n2Cc1ccc(Cl)cc1. The normalized spacial score (nSPS) is 10.8. The van der Waals surface area contributed by atoms with Crippen LogP contribution >= 0.6 is 23.2 Å². The van der Waals surface area contributed by atoms with Crippen molar-refractivity contribution in [1.29, 1.82) is 0 Å². The number of rotatable bonds is 6. The van der Waals surface area contributed by atoms with Gasteiger partial charge in [-0.15, -0.1) is 0 Å². The third-order valence-corrected chi connectivity index (χ3v) is 5.57. The smallest absolute Gasteiger partial charge is 0.296 e. The summed E-state index contributed by atoms with van der Waals surface area (Å²) in [4.78, 5) is 25.8. The van der Waals surface area contributed by atoms with Crippen molar-refractivity contribution in [2.75, 3.05) is 12.4 Å². The minimum Gasteiger partial charge on any atom is -0.497 e. The van der Waals surface area contributed by atoms with Gasteiger partial charge in [-0.3, -0.25) is 9.59 Å². The predicted octanol–water partition coefficient (Wildman–Crippen LogP) is 5.83. The van der Waals surface area contributed by atoms with Crippen LogP contribution < -0.4 is 10.1 Å². The summed E-state index contributed by atoms with van der Waals surface area (Å²) < 4.78 is 7.11. The van der Waals surface area contributed by atoms with Crippen molar-refractivity contribution < 1.29 is 14.3 Å². The summed E-state index contributed by atoms with van der Waals surface area (Å²) in [7, 11) is 1.54. The molecular weight excluding hydrogens is 435 g/mol. The summed E-state index contributed by atoms with van der Waals surface area (Å²) in [6.07, 6.45) is 0. The number of nitrogens with zero attached hydrogens (tertiary/aromatic N) is 1. The highest BCUT2D eigenvalue weighted by molar-refractivity contribution is 6.51. The number of benzene rings is 3. The number of amides is 1. The molecule has 1 amide bonds. The lowest BCUT2D eigenvalue weighted by molar-refractivity contribution is -0.112. The molecule has 0 saturated heterocycles. The lowest BCUT2D eigenvalue weighted by atomic mass is 10.1. The van der Waals surface area contributed by atoms with E-state index in [1.165, 1.54) is 7.11 Å². The number of aromatic nitrogens is 1. The summed E-state index contributed by atoms with van der Waals surface area (Å²) in [6.45, 7) is 0.409. The zero-order valence-electron chi connectivity index (χ0n) is 16.6. The molecule has 0 aliphatic carbocycles. The Hall–Kier alpha value is -3.28. The minimum absolute atomic E-state index is 0.137. The number of para-hydroxylation sites is 1. The van der Waals surface area contributed by atoms with E-state index in [4.69, 9.17) is 27.9 Å². The van der Waals surface area contributed by atoms with E-state index in [0.717, 1.165) is 11.1 Å². The number of carbonyl (C=O) groups excluding carboxylic acids is 2. The van der Waals surface area contributed by atoms with E-state index in [0.29, 0.717) is 28.4 Å². The topological polar surface area (TPSA) is 60.3 Å². The lowest BCUT2D eigenvalue weighted by Gasteiger charge is -2.08. The molecular formula is C24H18Cl2N2O3. The average Bonchev–Trinajstić information content (AvgIpc) is 3.05. The molecule has 1 heterocycles. The predicted molar refractivity (Wildman–Crippen MR) is 123 cm³/mol. The van der Waals surface area contributed by atoms with Crippen molar-refractivity contribution in [3.8, 4) is 5.75 Å². The van der Waals surface area contributed by atoms with Gasteiger partial charge in [0.05, 0.1) is 18.2 Å². The molecule has 7 heteroatoms. The van der Waals surface area contributed by atoms with Crippen molar-refractivity contribution in [2.24, 2.45) is 0 Å². The Bertz CT molecular complexity index is 1270. The van der Waals surface area contributed by atoms with Gasteiger partial charge in [0, 0.05) is 22.6 Å². The van der Waals surface area contributed by atoms with E-state index in [1.807, 2.05) is 24.3 Å². The number of fused-ring (bicyclic) bond motifs is 1. The number of nitrogens with one attached hydrogen (secondary N) is 1. The van der Waals surface area contributed by atoms with Gasteiger partial charge in [-0.25, -0.2) is 0 Å². The van der Waals surface area contributed by atoms with Gasteiger partial charge in [-0.05, 0) is 48.0 Å². The van der Waals surface area contributed by atoms with E-state index in [1.54, 1.807) is 53.1 Å². The fourth-order valence-corrected chi connectivity index (χ4v) is 3.86. The van der Waals surface area contributed by atoms with Crippen molar-refractivity contribution in [3.05, 3.63) is 94.1 Å². The minimum atomic E-state index is -0.763. The number of anilines is 1. The Labute approximate surface area is 189 Å². The monoisotopic (exact) mass is 452 g/mol. The largest absolute Gasteiger partial charge is 0.497 e. The molecule has 5 nitrogen and oxygen atoms in total. The van der Waals surface area contributed by atoms with Crippen LogP contribution in [0, 0.1) is 0 Å². The van der Waals surface area contributed by atoms with E-state index < -0.39 is 11.7 Å². The molecule has 0 fully saturated rings. The Balaban J connectivity index is 1.78. The maximum absolute atomic E-state index is 13.1. The van der Waals surface area contributed by atoms with Gasteiger partial charge in [0.15, 0.2) is 0 Å². The number of ether oxygens (including phenoxy) is 1. The molecule has 31 heavy (non-hydrogen) atoms. The molecule has 0 radical (unpaired) electrons. The average molecular weight is 453 g/mol. The van der Waals surface area contributed by atoms with Crippen LogP contribution in [-0.4, -0.2) is 23.4 Å². The van der Waals surface area contributed by atoms with Crippen molar-refractivity contribution in [2.45, 2.75) is 6.54 Å². The maximum Gasteiger partial charge on any atom is 0.296 e. The zero-order valence-corrected chi connectivity index (χ0v) is 18.1. The second kappa shape index (κ2) is 8.84. The summed E-state index contributed by atoms with van der Waals surface area (Å²) >= 11 is 12.7. The highest BCUT2D eigenvalue weighted by atomic mass is 35.5. The molecule has 0 atom stereocenters. The van der Waals surface area contributed by atoms with E-state index in [2.05, 4.69) is 5.32 Å². The molecule has 0 aliphatic rings. The number of hydrogen-bond acceptors (Lipinski definition) is 3. The summed E-state index contributed by atoms with van der Waals surface area (Å²) in [6, 6.07) is 21.5. The van der Waals surface area contributed by atoms with Crippen LogP contribution in [0.25, 0.3) is 10.9 Å². The van der Waals surface area contributed by atoms with Gasteiger partial charge in [-0.1, -0.05) is 53.5 Å². The zero-order chi connectivity index (χ0) is 22.0. The Morgan fingerprint density at radius 1 is 0.968 bits per heavy atom. The summed E-state index contributed by atoms with van der Waals surface area (Å²) in [5.74, 6) is -0.922. The first-order valence-corrected chi connectivity index (χ1v) is 10.2. The van der Waals surface area contributed by atoms with Gasteiger partial charge >= 0.3 is 0 Å². The molecule has 0 aliphatic heterocycles. The fraction of sp³-hybridized carbons (Fsp3) is 0.0833. The number of methoxy groups -OCH3 is 1. The summed E-state index contributed by atoms with van der Waals surface area (Å²) in [5.41, 5.74) is 2.33. The molecule has 0 unspecified atom stereocenters. The molecule has 3 aromatic carbocycles. The number of hydrogen-bond donors (Lipinski definition) is 1. The van der Waals surface area contributed by atoms with Gasteiger partial charge < -0.3 is 14.6 Å². The quantitative estimate of drug-likeness (QED) is 0.295. The number of ketones is 1. The van der Waals surface area contributed by atoms with Crippen LogP contribution in [0.5, 0.6) is 5.75 Å². The number of carbonyl (C=O) groups is 2. The molecule has 4 rings (SSSR count). The van der Waals surface area contributed by atoms with Crippen molar-refractivity contribution in [1.82, 2.24) is 4.57 Å². The van der Waals surface area contributed by atoms with Gasteiger partial charge in [0.25, 0.3) is 11.7 Å². The molecule has 0 bridgehead atoms. The third kappa shape index (κ3) is 4.29.